The number of carbonyl (C=O) groups is 2. The maximum absolute atomic E-state index is 11.9. The Morgan fingerprint density at radius 3 is 2.45 bits per heavy atom. The summed E-state index contributed by atoms with van der Waals surface area (Å²) in [6, 6.07) is 11.0. The van der Waals surface area contributed by atoms with Gasteiger partial charge in [0.15, 0.2) is 5.78 Å². The van der Waals surface area contributed by atoms with Crippen LogP contribution in [-0.2, 0) is 6.42 Å². The average Bonchev–Trinajstić information content (AvgIpc) is 2.88. The van der Waals surface area contributed by atoms with Crippen molar-refractivity contribution in [2.75, 3.05) is 6.54 Å². The number of hydrogen-bond acceptors (Lipinski definition) is 3. The SMILES string of the molecule is CC(=O)c1ccc(CCNC(=O)c2ccc(Br)cc2)s1. The minimum atomic E-state index is -0.0825. The van der Waals surface area contributed by atoms with Crippen LogP contribution in [0.15, 0.2) is 40.9 Å². The summed E-state index contributed by atoms with van der Waals surface area (Å²) in [6.45, 7) is 2.12. The van der Waals surface area contributed by atoms with Gasteiger partial charge in [0, 0.05) is 21.5 Å². The molecule has 0 bridgehead atoms. The highest BCUT2D eigenvalue weighted by Gasteiger charge is 2.06. The lowest BCUT2D eigenvalue weighted by Gasteiger charge is -2.04. The molecule has 0 aliphatic carbocycles. The lowest BCUT2D eigenvalue weighted by Crippen LogP contribution is -2.25. The lowest BCUT2D eigenvalue weighted by molar-refractivity contribution is 0.0953. The Morgan fingerprint density at radius 2 is 1.85 bits per heavy atom. The molecule has 20 heavy (non-hydrogen) atoms. The number of carbonyl (C=O) groups excluding carboxylic acids is 2. The van der Waals surface area contributed by atoms with Crippen molar-refractivity contribution < 1.29 is 9.59 Å². The standard InChI is InChI=1S/C15H14BrNO2S/c1-10(18)14-7-6-13(20-14)8-9-17-15(19)11-2-4-12(16)5-3-11/h2-7H,8-9H2,1H3,(H,17,19). The van der Waals surface area contributed by atoms with E-state index in [2.05, 4.69) is 21.2 Å². The summed E-state index contributed by atoms with van der Waals surface area (Å²) in [5.41, 5.74) is 0.642. The molecule has 1 aromatic heterocycles. The molecule has 1 aromatic carbocycles. The molecule has 1 heterocycles. The van der Waals surface area contributed by atoms with Crippen LogP contribution in [0.5, 0.6) is 0 Å². The maximum Gasteiger partial charge on any atom is 0.251 e. The second-order valence-corrected chi connectivity index (χ2v) is 6.42. The first kappa shape index (κ1) is 14.9. The third kappa shape index (κ3) is 4.02. The molecule has 0 spiro atoms. The predicted octanol–water partition coefficient (Wildman–Crippen LogP) is 3.69. The molecule has 0 fully saturated rings. The Hall–Kier alpha value is -1.46. The zero-order valence-corrected chi connectivity index (χ0v) is 13.4. The quantitative estimate of drug-likeness (QED) is 0.835. The molecule has 0 aliphatic heterocycles. The minimum Gasteiger partial charge on any atom is -0.352 e. The van der Waals surface area contributed by atoms with Gasteiger partial charge in [-0.05, 0) is 49.7 Å². The molecule has 1 amide bonds. The van der Waals surface area contributed by atoms with Crippen LogP contribution < -0.4 is 5.32 Å². The van der Waals surface area contributed by atoms with Gasteiger partial charge < -0.3 is 5.32 Å². The first-order valence-electron chi connectivity index (χ1n) is 6.19. The van der Waals surface area contributed by atoms with Crippen LogP contribution in [0.1, 0.15) is 31.8 Å². The number of ketones is 1. The smallest absolute Gasteiger partial charge is 0.251 e. The van der Waals surface area contributed by atoms with Crippen LogP contribution in [0.4, 0.5) is 0 Å². The van der Waals surface area contributed by atoms with E-state index in [0.29, 0.717) is 12.1 Å². The number of benzene rings is 1. The van der Waals surface area contributed by atoms with E-state index in [9.17, 15) is 9.59 Å². The van der Waals surface area contributed by atoms with Crippen molar-refractivity contribution in [1.29, 1.82) is 0 Å². The number of hydrogen-bond donors (Lipinski definition) is 1. The lowest BCUT2D eigenvalue weighted by atomic mass is 10.2. The van der Waals surface area contributed by atoms with E-state index in [0.717, 1.165) is 20.6 Å². The fourth-order valence-corrected chi connectivity index (χ4v) is 2.87. The van der Waals surface area contributed by atoms with E-state index in [1.807, 2.05) is 24.3 Å². The molecule has 1 N–H and O–H groups in total. The third-order valence-corrected chi connectivity index (χ3v) is 4.55. The molecule has 0 aliphatic rings. The molecule has 2 rings (SSSR count). The van der Waals surface area contributed by atoms with Crippen LogP contribution in [0.3, 0.4) is 0 Å². The molecular formula is C15H14BrNO2S. The number of Topliss-reactive ketones (excluding diaryl/α,β-unsaturated/α-hetero) is 1. The van der Waals surface area contributed by atoms with Crippen molar-refractivity contribution in [3.8, 4) is 0 Å². The highest BCUT2D eigenvalue weighted by Crippen LogP contribution is 2.17. The average molecular weight is 352 g/mol. The van der Waals surface area contributed by atoms with E-state index in [1.165, 1.54) is 11.3 Å². The normalized spacial score (nSPS) is 10.3. The van der Waals surface area contributed by atoms with Gasteiger partial charge in [-0.1, -0.05) is 15.9 Å². The van der Waals surface area contributed by atoms with Crippen molar-refractivity contribution >= 4 is 39.0 Å². The van der Waals surface area contributed by atoms with Crippen molar-refractivity contribution in [3.63, 3.8) is 0 Å². The van der Waals surface area contributed by atoms with E-state index < -0.39 is 0 Å². The van der Waals surface area contributed by atoms with Gasteiger partial charge in [-0.3, -0.25) is 9.59 Å². The zero-order chi connectivity index (χ0) is 14.5. The summed E-state index contributed by atoms with van der Waals surface area (Å²) in [4.78, 5) is 24.9. The molecule has 0 saturated carbocycles. The van der Waals surface area contributed by atoms with Crippen molar-refractivity contribution in [1.82, 2.24) is 5.32 Å². The van der Waals surface area contributed by atoms with Crippen LogP contribution in [0.2, 0.25) is 0 Å². The van der Waals surface area contributed by atoms with Crippen molar-refractivity contribution in [2.24, 2.45) is 0 Å². The van der Waals surface area contributed by atoms with Gasteiger partial charge in [0.05, 0.1) is 4.88 Å². The fraction of sp³-hybridized carbons (Fsp3) is 0.200. The molecule has 3 nitrogen and oxygen atoms in total. The Morgan fingerprint density at radius 1 is 1.15 bits per heavy atom. The third-order valence-electron chi connectivity index (χ3n) is 2.77. The topological polar surface area (TPSA) is 46.2 Å². The summed E-state index contributed by atoms with van der Waals surface area (Å²) in [5.74, 6) is 0.000922. The maximum atomic E-state index is 11.9. The highest BCUT2D eigenvalue weighted by atomic mass is 79.9. The minimum absolute atomic E-state index is 0.0825. The molecule has 0 radical (unpaired) electrons. The highest BCUT2D eigenvalue weighted by molar-refractivity contribution is 9.10. The molecular weight excluding hydrogens is 338 g/mol. The van der Waals surface area contributed by atoms with Crippen molar-refractivity contribution in [2.45, 2.75) is 13.3 Å². The van der Waals surface area contributed by atoms with Gasteiger partial charge in [-0.15, -0.1) is 11.3 Å². The first-order chi connectivity index (χ1) is 9.56. The van der Waals surface area contributed by atoms with Gasteiger partial charge in [0.2, 0.25) is 0 Å². The number of nitrogens with one attached hydrogen (secondary N) is 1. The van der Waals surface area contributed by atoms with Gasteiger partial charge in [-0.25, -0.2) is 0 Å². The Bertz CT molecular complexity index is 619. The van der Waals surface area contributed by atoms with E-state index in [4.69, 9.17) is 0 Å². The molecule has 104 valence electrons. The van der Waals surface area contributed by atoms with Crippen LogP contribution in [-0.4, -0.2) is 18.2 Å². The van der Waals surface area contributed by atoms with Crippen LogP contribution >= 0.6 is 27.3 Å². The predicted molar refractivity (Wildman–Crippen MR) is 84.5 cm³/mol. The van der Waals surface area contributed by atoms with Gasteiger partial charge in [0.1, 0.15) is 0 Å². The molecule has 5 heteroatoms. The Balaban J connectivity index is 1.84. The van der Waals surface area contributed by atoms with Gasteiger partial charge in [0.25, 0.3) is 5.91 Å². The van der Waals surface area contributed by atoms with Crippen LogP contribution in [0.25, 0.3) is 0 Å². The number of thiophene rings is 1. The van der Waals surface area contributed by atoms with Crippen molar-refractivity contribution in [3.05, 3.63) is 56.2 Å². The summed E-state index contributed by atoms with van der Waals surface area (Å²) in [6.07, 6.45) is 0.736. The number of amides is 1. The zero-order valence-electron chi connectivity index (χ0n) is 11.0. The molecule has 0 unspecified atom stereocenters. The molecule has 0 atom stereocenters. The second-order valence-electron chi connectivity index (χ2n) is 4.33. The summed E-state index contributed by atoms with van der Waals surface area (Å²) < 4.78 is 0.949. The fourth-order valence-electron chi connectivity index (χ4n) is 1.70. The second kappa shape index (κ2) is 6.81. The molecule has 0 saturated heterocycles. The van der Waals surface area contributed by atoms with Crippen LogP contribution in [0, 0.1) is 0 Å². The number of halogens is 1. The summed E-state index contributed by atoms with van der Waals surface area (Å²) >= 11 is 4.82. The number of rotatable bonds is 5. The first-order valence-corrected chi connectivity index (χ1v) is 7.80. The van der Waals surface area contributed by atoms with E-state index in [1.54, 1.807) is 19.1 Å². The van der Waals surface area contributed by atoms with E-state index >= 15 is 0 Å². The monoisotopic (exact) mass is 351 g/mol. The molecule has 2 aromatic rings. The Kier molecular flexibility index (Phi) is 5.09. The Labute approximate surface area is 130 Å². The van der Waals surface area contributed by atoms with Gasteiger partial charge in [-0.2, -0.15) is 0 Å². The largest absolute Gasteiger partial charge is 0.352 e. The summed E-state index contributed by atoms with van der Waals surface area (Å²) in [7, 11) is 0. The van der Waals surface area contributed by atoms with E-state index in [-0.39, 0.29) is 11.7 Å². The summed E-state index contributed by atoms with van der Waals surface area (Å²) in [5, 5.41) is 2.87. The van der Waals surface area contributed by atoms with Gasteiger partial charge >= 0.3 is 0 Å².